The predicted molar refractivity (Wildman–Crippen MR) is 67.5 cm³/mol. The maximum atomic E-state index is 12.2. The van der Waals surface area contributed by atoms with Gasteiger partial charge in [-0.2, -0.15) is 0 Å². The lowest BCUT2D eigenvalue weighted by Crippen LogP contribution is -2.46. The van der Waals surface area contributed by atoms with Crippen molar-refractivity contribution < 1.29 is 23.1 Å². The first-order chi connectivity index (χ1) is 8.94. The zero-order valence-electron chi connectivity index (χ0n) is 10.4. The lowest BCUT2D eigenvalue weighted by molar-refractivity contribution is -0.145. The number of hydrogen-bond donors (Lipinski definition) is 2. The number of carboxylic acid groups (broad SMARTS) is 1. The number of nitrogens with one attached hydrogen (secondary N) is 1. The fourth-order valence-electron chi connectivity index (χ4n) is 2.04. The molecule has 1 aliphatic carbocycles. The van der Waals surface area contributed by atoms with Gasteiger partial charge in [-0.3, -0.25) is 4.79 Å². The number of hydrogen-bond acceptors (Lipinski definition) is 4. The first-order valence-corrected chi connectivity index (χ1v) is 7.30. The summed E-state index contributed by atoms with van der Waals surface area (Å²) in [5.74, 6) is -1.07. The molecule has 0 aromatic heterocycles. The SMILES string of the molecule is COc1ccccc1S(=O)(=O)NC1CC(C(=O)O)C1. The average molecular weight is 285 g/mol. The van der Waals surface area contributed by atoms with Crippen LogP contribution >= 0.6 is 0 Å². The van der Waals surface area contributed by atoms with E-state index in [9.17, 15) is 13.2 Å². The van der Waals surface area contributed by atoms with Crippen LogP contribution in [-0.2, 0) is 14.8 Å². The van der Waals surface area contributed by atoms with Gasteiger partial charge in [0.15, 0.2) is 0 Å². The van der Waals surface area contributed by atoms with Gasteiger partial charge in [-0.15, -0.1) is 0 Å². The molecule has 0 radical (unpaired) electrons. The van der Waals surface area contributed by atoms with Crippen LogP contribution in [0.25, 0.3) is 0 Å². The van der Waals surface area contributed by atoms with Crippen molar-refractivity contribution in [3.8, 4) is 5.75 Å². The molecule has 104 valence electrons. The van der Waals surface area contributed by atoms with Crippen molar-refractivity contribution in [2.45, 2.75) is 23.8 Å². The van der Waals surface area contributed by atoms with Gasteiger partial charge in [0.1, 0.15) is 10.6 Å². The molecule has 0 saturated heterocycles. The number of carbonyl (C=O) groups is 1. The van der Waals surface area contributed by atoms with Crippen LogP contribution < -0.4 is 9.46 Å². The molecule has 1 aromatic rings. The van der Waals surface area contributed by atoms with Crippen LogP contribution in [0.2, 0.25) is 0 Å². The second kappa shape index (κ2) is 5.18. The summed E-state index contributed by atoms with van der Waals surface area (Å²) in [5.41, 5.74) is 0. The lowest BCUT2D eigenvalue weighted by Gasteiger charge is -2.32. The molecule has 1 saturated carbocycles. The van der Waals surface area contributed by atoms with Gasteiger partial charge in [0, 0.05) is 6.04 Å². The monoisotopic (exact) mass is 285 g/mol. The van der Waals surface area contributed by atoms with Gasteiger partial charge in [-0.25, -0.2) is 13.1 Å². The predicted octanol–water partition coefficient (Wildman–Crippen LogP) is 0.837. The van der Waals surface area contributed by atoms with Crippen LogP contribution in [-0.4, -0.2) is 32.6 Å². The van der Waals surface area contributed by atoms with Crippen LogP contribution in [0, 0.1) is 5.92 Å². The Morgan fingerprint density at radius 2 is 2.00 bits per heavy atom. The fraction of sp³-hybridized carbons (Fsp3) is 0.417. The van der Waals surface area contributed by atoms with Crippen molar-refractivity contribution in [3.63, 3.8) is 0 Å². The van der Waals surface area contributed by atoms with E-state index in [2.05, 4.69) is 4.72 Å². The Kier molecular flexibility index (Phi) is 3.77. The maximum Gasteiger partial charge on any atom is 0.306 e. The van der Waals surface area contributed by atoms with E-state index >= 15 is 0 Å². The van der Waals surface area contributed by atoms with Crippen molar-refractivity contribution in [1.29, 1.82) is 0 Å². The van der Waals surface area contributed by atoms with Crippen molar-refractivity contribution in [1.82, 2.24) is 4.72 Å². The summed E-state index contributed by atoms with van der Waals surface area (Å²) < 4.78 is 31.8. The van der Waals surface area contributed by atoms with Crippen molar-refractivity contribution >= 4 is 16.0 Å². The third-order valence-corrected chi connectivity index (χ3v) is 4.73. The number of ether oxygens (including phenoxy) is 1. The number of benzene rings is 1. The van der Waals surface area contributed by atoms with Crippen LogP contribution in [0.1, 0.15) is 12.8 Å². The molecule has 2 rings (SSSR count). The quantitative estimate of drug-likeness (QED) is 0.836. The summed E-state index contributed by atoms with van der Waals surface area (Å²) in [5, 5.41) is 8.75. The Labute approximate surface area is 111 Å². The van der Waals surface area contributed by atoms with Crippen LogP contribution in [0.4, 0.5) is 0 Å². The van der Waals surface area contributed by atoms with Gasteiger partial charge in [-0.1, -0.05) is 12.1 Å². The van der Waals surface area contributed by atoms with Gasteiger partial charge >= 0.3 is 5.97 Å². The minimum absolute atomic E-state index is 0.0660. The minimum atomic E-state index is -3.68. The molecule has 0 atom stereocenters. The van der Waals surface area contributed by atoms with E-state index in [1.165, 1.54) is 13.2 Å². The third kappa shape index (κ3) is 2.87. The zero-order valence-corrected chi connectivity index (χ0v) is 11.2. The fourth-order valence-corrected chi connectivity index (χ4v) is 3.47. The molecular weight excluding hydrogens is 270 g/mol. The zero-order chi connectivity index (χ0) is 14.0. The van der Waals surface area contributed by atoms with Gasteiger partial charge < -0.3 is 9.84 Å². The third-order valence-electron chi connectivity index (χ3n) is 3.17. The molecule has 1 aliphatic rings. The summed E-state index contributed by atoms with van der Waals surface area (Å²) >= 11 is 0. The molecule has 1 aromatic carbocycles. The Bertz CT molecular complexity index is 578. The van der Waals surface area contributed by atoms with E-state index < -0.39 is 21.9 Å². The summed E-state index contributed by atoms with van der Waals surface area (Å²) in [6, 6.07) is 5.99. The first kappa shape index (κ1) is 13.8. The highest BCUT2D eigenvalue weighted by atomic mass is 32.2. The van der Waals surface area contributed by atoms with Crippen LogP contribution in [0.15, 0.2) is 29.2 Å². The van der Waals surface area contributed by atoms with Crippen LogP contribution in [0.5, 0.6) is 5.75 Å². The van der Waals surface area contributed by atoms with E-state index in [0.29, 0.717) is 12.8 Å². The first-order valence-electron chi connectivity index (χ1n) is 5.82. The molecule has 1 fully saturated rings. The summed E-state index contributed by atoms with van der Waals surface area (Å²) in [4.78, 5) is 10.7. The molecule has 7 heteroatoms. The Morgan fingerprint density at radius 1 is 1.37 bits per heavy atom. The summed E-state index contributed by atoms with van der Waals surface area (Å²) in [6.45, 7) is 0. The molecule has 19 heavy (non-hydrogen) atoms. The smallest absolute Gasteiger partial charge is 0.306 e. The molecule has 0 amide bonds. The molecule has 6 nitrogen and oxygen atoms in total. The normalized spacial score (nSPS) is 22.6. The van der Waals surface area contributed by atoms with E-state index in [0.717, 1.165) is 0 Å². The molecule has 0 aliphatic heterocycles. The molecule has 0 heterocycles. The number of sulfonamides is 1. The Balaban J connectivity index is 2.10. The van der Waals surface area contributed by atoms with Crippen molar-refractivity contribution in [3.05, 3.63) is 24.3 Å². The van der Waals surface area contributed by atoms with Crippen molar-refractivity contribution in [2.24, 2.45) is 5.92 Å². The Morgan fingerprint density at radius 3 is 2.58 bits per heavy atom. The van der Waals surface area contributed by atoms with Crippen molar-refractivity contribution in [2.75, 3.05) is 7.11 Å². The second-order valence-corrected chi connectivity index (χ2v) is 6.16. The Hall–Kier alpha value is -1.60. The van der Waals surface area contributed by atoms with Crippen LogP contribution in [0.3, 0.4) is 0 Å². The highest BCUT2D eigenvalue weighted by Gasteiger charge is 2.37. The average Bonchev–Trinajstić information content (AvgIpc) is 2.32. The molecular formula is C12H15NO5S. The number of rotatable bonds is 5. The topological polar surface area (TPSA) is 92.7 Å². The summed E-state index contributed by atoms with van der Waals surface area (Å²) in [7, 11) is -2.28. The molecule has 0 bridgehead atoms. The molecule has 0 spiro atoms. The molecule has 2 N–H and O–H groups in total. The highest BCUT2D eigenvalue weighted by Crippen LogP contribution is 2.30. The standard InChI is InChI=1S/C12H15NO5S/c1-18-10-4-2-3-5-11(10)19(16,17)13-9-6-8(7-9)12(14)15/h2-5,8-9,13H,6-7H2,1H3,(H,14,15). The van der Waals surface area contributed by atoms with Gasteiger partial charge in [-0.05, 0) is 25.0 Å². The van der Waals surface area contributed by atoms with Gasteiger partial charge in [0.25, 0.3) is 0 Å². The second-order valence-electron chi connectivity index (χ2n) is 4.48. The van der Waals surface area contributed by atoms with E-state index in [-0.39, 0.29) is 16.7 Å². The number of aliphatic carboxylic acids is 1. The molecule has 0 unspecified atom stereocenters. The number of carboxylic acids is 1. The van der Waals surface area contributed by atoms with E-state index in [4.69, 9.17) is 9.84 Å². The van der Waals surface area contributed by atoms with Gasteiger partial charge in [0.05, 0.1) is 13.0 Å². The summed E-state index contributed by atoms with van der Waals surface area (Å²) in [6.07, 6.45) is 0.646. The maximum absolute atomic E-state index is 12.2. The lowest BCUT2D eigenvalue weighted by atomic mass is 9.81. The number of para-hydroxylation sites is 1. The van der Waals surface area contributed by atoms with Gasteiger partial charge in [0.2, 0.25) is 10.0 Å². The minimum Gasteiger partial charge on any atom is -0.495 e. The van der Waals surface area contributed by atoms with E-state index in [1.807, 2.05) is 0 Å². The highest BCUT2D eigenvalue weighted by molar-refractivity contribution is 7.89. The number of methoxy groups -OCH3 is 1. The van der Waals surface area contributed by atoms with E-state index in [1.54, 1.807) is 18.2 Å². The largest absolute Gasteiger partial charge is 0.495 e.